The second-order valence-electron chi connectivity index (χ2n) is 6.39. The average molecular weight is 349 g/mol. The van der Waals surface area contributed by atoms with Crippen molar-refractivity contribution in [2.45, 2.75) is 33.7 Å². The molecule has 1 aliphatic heterocycles. The van der Waals surface area contributed by atoms with Crippen molar-refractivity contribution < 1.29 is 9.21 Å². The van der Waals surface area contributed by atoms with E-state index in [4.69, 9.17) is 10.2 Å². The maximum atomic E-state index is 11.1. The van der Waals surface area contributed by atoms with Crippen LogP contribution in [0.1, 0.15) is 43.5 Å². The van der Waals surface area contributed by atoms with Gasteiger partial charge in [-0.3, -0.25) is 4.79 Å². The lowest BCUT2D eigenvalue weighted by atomic mass is 10.1. The summed E-state index contributed by atoms with van der Waals surface area (Å²) in [5.41, 5.74) is 5.22. The Morgan fingerprint density at radius 1 is 1.40 bits per heavy atom. The van der Waals surface area contributed by atoms with Crippen molar-refractivity contribution >= 4 is 11.9 Å². The quantitative estimate of drug-likeness (QED) is 0.549. The van der Waals surface area contributed by atoms with Crippen molar-refractivity contribution in [3.8, 4) is 0 Å². The number of hydrogen-bond acceptors (Lipinski definition) is 4. The maximum Gasteiger partial charge on any atom is 0.284 e. The van der Waals surface area contributed by atoms with Crippen molar-refractivity contribution in [1.82, 2.24) is 15.1 Å². The number of amides is 1. The number of hydrogen-bond donors (Lipinski definition) is 2. The molecule has 25 heavy (non-hydrogen) atoms. The molecule has 1 atom stereocenters. The molecule has 1 aromatic heterocycles. The highest BCUT2D eigenvalue weighted by molar-refractivity contribution is 5.89. The van der Waals surface area contributed by atoms with Crippen LogP contribution in [0.25, 0.3) is 0 Å². The number of carbonyl (C=O) groups is 1. The minimum absolute atomic E-state index is 0.177. The van der Waals surface area contributed by atoms with Gasteiger partial charge >= 0.3 is 0 Å². The van der Waals surface area contributed by atoms with Gasteiger partial charge < -0.3 is 25.3 Å². The number of furan rings is 1. The lowest BCUT2D eigenvalue weighted by Gasteiger charge is -2.24. The molecule has 0 aromatic carbocycles. The van der Waals surface area contributed by atoms with E-state index in [2.05, 4.69) is 40.9 Å². The molecule has 3 N–H and O–H groups in total. The van der Waals surface area contributed by atoms with Crippen LogP contribution in [0.15, 0.2) is 21.5 Å². The molecule has 7 nitrogen and oxygen atoms in total. The third-order valence-electron chi connectivity index (χ3n) is 4.62. The Balaban J connectivity index is 1.96. The number of nitrogens with two attached hydrogens (primary N) is 1. The number of likely N-dealkylation sites (tertiary alicyclic amines) is 1. The Morgan fingerprint density at radius 3 is 2.76 bits per heavy atom. The third kappa shape index (κ3) is 5.49. The molecule has 1 unspecified atom stereocenters. The van der Waals surface area contributed by atoms with Crippen molar-refractivity contribution in [3.63, 3.8) is 0 Å². The van der Waals surface area contributed by atoms with Gasteiger partial charge in [0.1, 0.15) is 12.3 Å². The number of nitrogens with zero attached hydrogens (tertiary/aromatic N) is 3. The number of guanidine groups is 1. The van der Waals surface area contributed by atoms with Gasteiger partial charge in [0.05, 0.1) is 0 Å². The first-order valence-corrected chi connectivity index (χ1v) is 9.21. The molecule has 1 fully saturated rings. The van der Waals surface area contributed by atoms with Crippen molar-refractivity contribution in [2.24, 2.45) is 16.6 Å². The summed E-state index contributed by atoms with van der Waals surface area (Å²) in [4.78, 5) is 20.6. The molecular weight excluding hydrogens is 318 g/mol. The van der Waals surface area contributed by atoms with Crippen molar-refractivity contribution in [2.75, 3.05) is 39.3 Å². The standard InChI is InChI=1S/C18H31N5O2/c1-4-20-18(21-11-15-7-8-16(25-15)17(19)24)23-10-9-14(13-23)12-22(5-2)6-3/h7-8,14H,4-6,9-13H2,1-3H3,(H2,19,24)(H,20,21). The van der Waals surface area contributed by atoms with Crippen LogP contribution in [0.3, 0.4) is 0 Å². The smallest absolute Gasteiger partial charge is 0.284 e. The fraction of sp³-hybridized carbons (Fsp3) is 0.667. The Bertz CT molecular complexity index is 580. The van der Waals surface area contributed by atoms with Crippen LogP contribution in [0, 0.1) is 5.92 Å². The van der Waals surface area contributed by atoms with Crippen LogP contribution in [0.5, 0.6) is 0 Å². The summed E-state index contributed by atoms with van der Waals surface area (Å²) in [6.45, 7) is 13.1. The predicted octanol–water partition coefficient (Wildman–Crippen LogP) is 1.51. The molecule has 2 heterocycles. The molecule has 1 aliphatic rings. The van der Waals surface area contributed by atoms with E-state index in [1.54, 1.807) is 12.1 Å². The van der Waals surface area contributed by atoms with Crippen molar-refractivity contribution in [1.29, 1.82) is 0 Å². The van der Waals surface area contributed by atoms with E-state index < -0.39 is 5.91 Å². The summed E-state index contributed by atoms with van der Waals surface area (Å²) >= 11 is 0. The number of nitrogens with one attached hydrogen (secondary N) is 1. The normalized spacial score (nSPS) is 18.2. The Hall–Kier alpha value is -2.02. The van der Waals surface area contributed by atoms with Gasteiger partial charge in [0.15, 0.2) is 11.7 Å². The highest BCUT2D eigenvalue weighted by Crippen LogP contribution is 2.18. The largest absolute Gasteiger partial charge is 0.454 e. The van der Waals surface area contributed by atoms with Gasteiger partial charge in [0.25, 0.3) is 5.91 Å². The highest BCUT2D eigenvalue weighted by atomic mass is 16.3. The van der Waals surface area contributed by atoms with Gasteiger partial charge in [-0.05, 0) is 44.5 Å². The summed E-state index contributed by atoms with van der Waals surface area (Å²) in [5.74, 6) is 1.84. The van der Waals surface area contributed by atoms with Crippen LogP contribution in [0.2, 0.25) is 0 Å². The van der Waals surface area contributed by atoms with Gasteiger partial charge in [0, 0.05) is 26.2 Å². The van der Waals surface area contributed by atoms with Gasteiger partial charge in [-0.25, -0.2) is 4.99 Å². The molecule has 0 bridgehead atoms. The first-order valence-electron chi connectivity index (χ1n) is 9.21. The van der Waals surface area contributed by atoms with Crippen molar-refractivity contribution in [3.05, 3.63) is 23.7 Å². The van der Waals surface area contributed by atoms with E-state index in [1.165, 1.54) is 6.42 Å². The van der Waals surface area contributed by atoms with Crippen LogP contribution >= 0.6 is 0 Å². The van der Waals surface area contributed by atoms with Gasteiger partial charge in [-0.1, -0.05) is 13.8 Å². The number of carbonyl (C=O) groups excluding carboxylic acids is 1. The van der Waals surface area contributed by atoms with E-state index in [0.29, 0.717) is 18.2 Å². The Labute approximate surface area is 150 Å². The molecule has 7 heteroatoms. The topological polar surface area (TPSA) is 87.1 Å². The third-order valence-corrected chi connectivity index (χ3v) is 4.62. The SMILES string of the molecule is CCNC(=NCc1ccc(C(N)=O)o1)N1CCC(CN(CC)CC)C1. The fourth-order valence-electron chi connectivity index (χ4n) is 3.19. The summed E-state index contributed by atoms with van der Waals surface area (Å²) in [5, 5.41) is 3.36. The first kappa shape index (κ1) is 19.3. The van der Waals surface area contributed by atoms with E-state index in [0.717, 1.165) is 45.2 Å². The van der Waals surface area contributed by atoms with Crippen LogP contribution < -0.4 is 11.1 Å². The van der Waals surface area contributed by atoms with Gasteiger partial charge in [0.2, 0.25) is 0 Å². The molecule has 1 aromatic rings. The van der Waals surface area contributed by atoms with Crippen LogP contribution in [0.4, 0.5) is 0 Å². The zero-order valence-corrected chi connectivity index (χ0v) is 15.6. The second kappa shape index (κ2) is 9.46. The zero-order valence-electron chi connectivity index (χ0n) is 15.6. The predicted molar refractivity (Wildman–Crippen MR) is 99.5 cm³/mol. The Morgan fingerprint density at radius 2 is 2.16 bits per heavy atom. The number of rotatable bonds is 8. The van der Waals surface area contributed by atoms with E-state index in [-0.39, 0.29) is 5.76 Å². The summed E-state index contributed by atoms with van der Waals surface area (Å²) in [6, 6.07) is 3.34. The van der Waals surface area contributed by atoms with E-state index >= 15 is 0 Å². The minimum Gasteiger partial charge on any atom is -0.454 e. The molecule has 1 amide bonds. The summed E-state index contributed by atoms with van der Waals surface area (Å²) in [7, 11) is 0. The molecule has 140 valence electrons. The maximum absolute atomic E-state index is 11.1. The molecule has 2 rings (SSSR count). The van der Waals surface area contributed by atoms with Crippen LogP contribution in [-0.2, 0) is 6.54 Å². The average Bonchev–Trinajstić information content (AvgIpc) is 3.26. The number of primary amides is 1. The van der Waals surface area contributed by atoms with E-state index in [9.17, 15) is 4.79 Å². The van der Waals surface area contributed by atoms with E-state index in [1.807, 2.05) is 0 Å². The minimum atomic E-state index is -0.555. The van der Waals surface area contributed by atoms with Gasteiger partial charge in [-0.15, -0.1) is 0 Å². The lowest BCUT2D eigenvalue weighted by Crippen LogP contribution is -2.40. The monoisotopic (exact) mass is 349 g/mol. The second-order valence-corrected chi connectivity index (χ2v) is 6.39. The first-order chi connectivity index (χ1) is 12.1. The highest BCUT2D eigenvalue weighted by Gasteiger charge is 2.26. The van der Waals surface area contributed by atoms with Gasteiger partial charge in [-0.2, -0.15) is 0 Å². The number of aliphatic imine (C=N–C) groups is 1. The molecule has 0 radical (unpaired) electrons. The molecule has 1 saturated heterocycles. The molecule has 0 spiro atoms. The Kier molecular flexibility index (Phi) is 7.31. The fourth-order valence-corrected chi connectivity index (χ4v) is 3.19. The molecular formula is C18H31N5O2. The molecule has 0 saturated carbocycles. The zero-order chi connectivity index (χ0) is 18.2. The summed E-state index contributed by atoms with van der Waals surface area (Å²) < 4.78 is 5.40. The molecule has 0 aliphatic carbocycles. The summed E-state index contributed by atoms with van der Waals surface area (Å²) in [6.07, 6.45) is 1.19. The lowest BCUT2D eigenvalue weighted by molar-refractivity contribution is 0.0972. The van der Waals surface area contributed by atoms with Crippen LogP contribution in [-0.4, -0.2) is 60.9 Å².